The molecule has 0 N–H and O–H groups in total. The van der Waals surface area contributed by atoms with Crippen LogP contribution >= 0.6 is 27.3 Å². The predicted molar refractivity (Wildman–Crippen MR) is 60.9 cm³/mol. The molecular formula is C9H6BrNO2S. The molecule has 0 spiro atoms. The van der Waals surface area contributed by atoms with Crippen molar-refractivity contribution >= 4 is 43.0 Å². The summed E-state index contributed by atoms with van der Waals surface area (Å²) in [6, 6.07) is 5.13. The third-order valence-electron chi connectivity index (χ3n) is 2.02. The summed E-state index contributed by atoms with van der Waals surface area (Å²) in [5.41, 5.74) is 1.24. The van der Waals surface area contributed by atoms with Gasteiger partial charge in [0.15, 0.2) is 0 Å². The maximum atomic E-state index is 10.7. The van der Waals surface area contributed by atoms with Crippen molar-refractivity contribution in [2.45, 2.75) is 6.92 Å². The second-order valence-corrected chi connectivity index (χ2v) is 5.38. The minimum atomic E-state index is -0.346. The number of aryl methyl sites for hydroxylation is 1. The molecule has 0 atom stereocenters. The Hall–Kier alpha value is -0.940. The van der Waals surface area contributed by atoms with Gasteiger partial charge in [0, 0.05) is 10.8 Å². The van der Waals surface area contributed by atoms with Gasteiger partial charge >= 0.3 is 0 Å². The minimum Gasteiger partial charge on any atom is -0.258 e. The molecule has 0 bridgehead atoms. The molecule has 14 heavy (non-hydrogen) atoms. The average Bonchev–Trinajstić information content (AvgIpc) is 2.47. The number of thiophene rings is 1. The molecule has 0 aliphatic heterocycles. The van der Waals surface area contributed by atoms with E-state index in [0.717, 1.165) is 14.0 Å². The fraction of sp³-hybridized carbons (Fsp3) is 0.111. The zero-order chi connectivity index (χ0) is 10.3. The predicted octanol–water partition coefficient (Wildman–Crippen LogP) is 3.88. The standard InChI is InChI=1S/C9H6BrNO2S/c1-5-2-3-7(11(12)13)6-4-8(10)14-9(5)6/h2-4H,1H3. The molecule has 3 nitrogen and oxygen atoms in total. The van der Waals surface area contributed by atoms with Gasteiger partial charge in [0.1, 0.15) is 0 Å². The Labute approximate surface area is 92.6 Å². The molecule has 0 aliphatic rings. The van der Waals surface area contributed by atoms with Gasteiger partial charge in [0.25, 0.3) is 5.69 Å². The first kappa shape index (κ1) is 9.61. The highest BCUT2D eigenvalue weighted by molar-refractivity contribution is 9.11. The number of halogens is 1. The van der Waals surface area contributed by atoms with Crippen LogP contribution in [0.3, 0.4) is 0 Å². The molecule has 72 valence electrons. The summed E-state index contributed by atoms with van der Waals surface area (Å²) >= 11 is 4.86. The molecule has 0 saturated heterocycles. The first-order valence-corrected chi connectivity index (χ1v) is 5.53. The molecule has 2 aromatic rings. The van der Waals surface area contributed by atoms with E-state index in [1.807, 2.05) is 6.92 Å². The molecule has 0 amide bonds. The van der Waals surface area contributed by atoms with E-state index in [1.165, 1.54) is 11.3 Å². The quantitative estimate of drug-likeness (QED) is 0.584. The highest BCUT2D eigenvalue weighted by Crippen LogP contribution is 2.37. The maximum absolute atomic E-state index is 10.7. The van der Waals surface area contributed by atoms with Gasteiger partial charge in [-0.25, -0.2) is 0 Å². The molecule has 0 aliphatic carbocycles. The number of fused-ring (bicyclic) bond motifs is 1. The summed E-state index contributed by atoms with van der Waals surface area (Å²) in [6.45, 7) is 1.95. The maximum Gasteiger partial charge on any atom is 0.278 e. The monoisotopic (exact) mass is 271 g/mol. The molecule has 0 radical (unpaired) electrons. The van der Waals surface area contributed by atoms with Crippen molar-refractivity contribution in [1.29, 1.82) is 0 Å². The van der Waals surface area contributed by atoms with E-state index < -0.39 is 0 Å². The topological polar surface area (TPSA) is 43.1 Å². The third kappa shape index (κ3) is 1.42. The number of hydrogen-bond acceptors (Lipinski definition) is 3. The van der Waals surface area contributed by atoms with Crippen LogP contribution in [0.15, 0.2) is 22.0 Å². The summed E-state index contributed by atoms with van der Waals surface area (Å²) < 4.78 is 1.90. The molecule has 0 saturated carbocycles. The summed E-state index contributed by atoms with van der Waals surface area (Å²) in [6.07, 6.45) is 0. The van der Waals surface area contributed by atoms with Crippen molar-refractivity contribution in [2.75, 3.05) is 0 Å². The van der Waals surface area contributed by atoms with Crippen LogP contribution in [0, 0.1) is 17.0 Å². The van der Waals surface area contributed by atoms with E-state index in [9.17, 15) is 10.1 Å². The lowest BCUT2D eigenvalue weighted by molar-refractivity contribution is -0.383. The summed E-state index contributed by atoms with van der Waals surface area (Å²) in [7, 11) is 0. The minimum absolute atomic E-state index is 0.174. The normalized spacial score (nSPS) is 10.7. The first-order valence-electron chi connectivity index (χ1n) is 3.92. The van der Waals surface area contributed by atoms with Gasteiger partial charge in [-0.2, -0.15) is 0 Å². The van der Waals surface area contributed by atoms with Crippen LogP contribution in [-0.4, -0.2) is 4.92 Å². The highest BCUT2D eigenvalue weighted by Gasteiger charge is 2.15. The van der Waals surface area contributed by atoms with E-state index >= 15 is 0 Å². The lowest BCUT2D eigenvalue weighted by atomic mass is 10.1. The second kappa shape index (κ2) is 3.33. The van der Waals surface area contributed by atoms with Gasteiger partial charge in [0.05, 0.1) is 14.1 Å². The molecule has 1 aromatic heterocycles. The largest absolute Gasteiger partial charge is 0.278 e. The zero-order valence-electron chi connectivity index (χ0n) is 7.28. The average molecular weight is 272 g/mol. The lowest BCUT2D eigenvalue weighted by Crippen LogP contribution is -1.88. The van der Waals surface area contributed by atoms with Crippen LogP contribution in [0.5, 0.6) is 0 Å². The molecule has 0 unspecified atom stereocenters. The Morgan fingerprint density at radius 2 is 2.21 bits per heavy atom. The number of nitro groups is 1. The molecule has 2 rings (SSSR count). The van der Waals surface area contributed by atoms with Gasteiger partial charge in [-0.05, 0) is 34.5 Å². The van der Waals surface area contributed by atoms with Crippen molar-refractivity contribution in [2.24, 2.45) is 0 Å². The molecule has 1 heterocycles. The molecule has 5 heteroatoms. The third-order valence-corrected chi connectivity index (χ3v) is 3.80. The number of nitro benzene ring substituents is 1. The SMILES string of the molecule is Cc1ccc([N+](=O)[O-])c2cc(Br)sc12. The number of non-ortho nitro benzene ring substituents is 1. The Morgan fingerprint density at radius 3 is 2.86 bits per heavy atom. The van der Waals surface area contributed by atoms with E-state index in [2.05, 4.69) is 15.9 Å². The van der Waals surface area contributed by atoms with Gasteiger partial charge in [-0.3, -0.25) is 10.1 Å². The van der Waals surface area contributed by atoms with Crippen LogP contribution < -0.4 is 0 Å². The van der Waals surface area contributed by atoms with Crippen LogP contribution in [0.2, 0.25) is 0 Å². The number of benzene rings is 1. The Balaban J connectivity index is 2.87. The Kier molecular flexibility index (Phi) is 2.28. The molecule has 1 aromatic carbocycles. The van der Waals surface area contributed by atoms with E-state index in [1.54, 1.807) is 18.2 Å². The fourth-order valence-electron chi connectivity index (χ4n) is 1.37. The van der Waals surface area contributed by atoms with Crippen molar-refractivity contribution in [1.82, 2.24) is 0 Å². The van der Waals surface area contributed by atoms with Crippen LogP contribution in [0.4, 0.5) is 5.69 Å². The van der Waals surface area contributed by atoms with Crippen molar-refractivity contribution in [3.05, 3.63) is 37.7 Å². The molecular weight excluding hydrogens is 266 g/mol. The number of rotatable bonds is 1. The van der Waals surface area contributed by atoms with E-state index in [0.29, 0.717) is 5.39 Å². The van der Waals surface area contributed by atoms with Crippen molar-refractivity contribution < 1.29 is 4.92 Å². The van der Waals surface area contributed by atoms with Crippen molar-refractivity contribution in [3.63, 3.8) is 0 Å². The zero-order valence-corrected chi connectivity index (χ0v) is 9.68. The summed E-state index contributed by atoms with van der Waals surface area (Å²) in [4.78, 5) is 10.4. The Morgan fingerprint density at radius 1 is 1.50 bits per heavy atom. The number of nitrogens with zero attached hydrogens (tertiary/aromatic N) is 1. The van der Waals surface area contributed by atoms with Crippen LogP contribution in [0.1, 0.15) is 5.56 Å². The van der Waals surface area contributed by atoms with Gasteiger partial charge in [-0.15, -0.1) is 11.3 Å². The first-order chi connectivity index (χ1) is 6.59. The highest BCUT2D eigenvalue weighted by atomic mass is 79.9. The second-order valence-electron chi connectivity index (χ2n) is 2.95. The number of hydrogen-bond donors (Lipinski definition) is 0. The van der Waals surface area contributed by atoms with Crippen LogP contribution in [0.25, 0.3) is 10.1 Å². The molecule has 0 fully saturated rings. The van der Waals surface area contributed by atoms with E-state index in [4.69, 9.17) is 0 Å². The van der Waals surface area contributed by atoms with Gasteiger partial charge < -0.3 is 0 Å². The summed E-state index contributed by atoms with van der Waals surface area (Å²) in [5, 5.41) is 11.4. The lowest BCUT2D eigenvalue weighted by Gasteiger charge is -1.96. The Bertz CT molecular complexity index is 521. The van der Waals surface area contributed by atoms with Crippen LogP contribution in [-0.2, 0) is 0 Å². The summed E-state index contributed by atoms with van der Waals surface area (Å²) in [5.74, 6) is 0. The van der Waals surface area contributed by atoms with Gasteiger partial charge in [0.2, 0.25) is 0 Å². The van der Waals surface area contributed by atoms with Crippen molar-refractivity contribution in [3.8, 4) is 0 Å². The van der Waals surface area contributed by atoms with Gasteiger partial charge in [-0.1, -0.05) is 6.07 Å². The van der Waals surface area contributed by atoms with E-state index in [-0.39, 0.29) is 10.6 Å². The fourth-order valence-corrected chi connectivity index (χ4v) is 2.96. The smallest absolute Gasteiger partial charge is 0.258 e.